The van der Waals surface area contributed by atoms with Crippen LogP contribution >= 0.6 is 0 Å². The molecule has 0 amide bonds. The van der Waals surface area contributed by atoms with E-state index in [1.165, 1.54) is 0 Å². The highest BCUT2D eigenvalue weighted by molar-refractivity contribution is 6.49. The molecule has 0 saturated carbocycles. The van der Waals surface area contributed by atoms with Crippen LogP contribution in [0.1, 0.15) is 32.6 Å². The number of carbonyl (C=O) groups is 1. The van der Waals surface area contributed by atoms with Crippen LogP contribution in [-0.2, 0) is 16.9 Å². The van der Waals surface area contributed by atoms with E-state index >= 15 is 0 Å². The zero-order chi connectivity index (χ0) is 21.1. The normalized spacial score (nSPS) is 14.5. The third-order valence-electron chi connectivity index (χ3n) is 5.72. The molecule has 150 valence electrons. The number of benzene rings is 4. The number of ketones is 1. The van der Waals surface area contributed by atoms with Crippen LogP contribution < -0.4 is 0 Å². The molecule has 0 aromatic heterocycles. The van der Waals surface area contributed by atoms with Gasteiger partial charge in [0, 0.05) is 28.7 Å². The summed E-state index contributed by atoms with van der Waals surface area (Å²) in [6, 6.07) is 37.7. The smallest absolute Gasteiger partial charge is 0.212 e. The summed E-state index contributed by atoms with van der Waals surface area (Å²) in [5, 5.41) is 4.49. The van der Waals surface area contributed by atoms with E-state index in [9.17, 15) is 4.79 Å². The average Bonchev–Trinajstić information content (AvgIpc) is 3.17. The molecule has 0 heterocycles. The predicted molar refractivity (Wildman–Crippen MR) is 122 cm³/mol. The second-order valence-electron chi connectivity index (χ2n) is 7.57. The summed E-state index contributed by atoms with van der Waals surface area (Å²) in [7, 11) is 0. The minimum absolute atomic E-state index is 0.0707. The maximum atomic E-state index is 12.9. The van der Waals surface area contributed by atoms with E-state index in [1.807, 2.05) is 115 Å². The Balaban J connectivity index is 1.67. The van der Waals surface area contributed by atoms with Gasteiger partial charge in [0.25, 0.3) is 0 Å². The molecule has 3 nitrogen and oxygen atoms in total. The molecule has 3 heteroatoms. The number of hydrogen-bond donors (Lipinski definition) is 0. The van der Waals surface area contributed by atoms with Gasteiger partial charge in [-0.2, -0.15) is 0 Å². The number of oxime groups is 1. The lowest BCUT2D eigenvalue weighted by Crippen LogP contribution is -2.32. The molecule has 31 heavy (non-hydrogen) atoms. The summed E-state index contributed by atoms with van der Waals surface area (Å²) in [6.07, 6.45) is 0.476. The number of Topliss-reactive ketones (excluding diaryl/α,β-unsaturated/α-hetero) is 1. The van der Waals surface area contributed by atoms with E-state index < -0.39 is 5.60 Å². The minimum atomic E-state index is -0.980. The van der Waals surface area contributed by atoms with Crippen LogP contribution in [0, 0.1) is 0 Å². The molecule has 1 aliphatic rings. The molecule has 4 aromatic carbocycles. The molecular formula is C28H21NO2. The Morgan fingerprint density at radius 1 is 0.613 bits per heavy atom. The first-order valence-electron chi connectivity index (χ1n) is 10.3. The quantitative estimate of drug-likeness (QED) is 0.312. The lowest BCUT2D eigenvalue weighted by atomic mass is 9.80. The van der Waals surface area contributed by atoms with Crippen molar-refractivity contribution >= 4 is 11.5 Å². The molecule has 0 bridgehead atoms. The molecule has 5 rings (SSSR count). The van der Waals surface area contributed by atoms with Gasteiger partial charge in [0.1, 0.15) is 5.71 Å². The Bertz CT molecular complexity index is 1140. The molecule has 1 aliphatic carbocycles. The topological polar surface area (TPSA) is 38.7 Å². The highest BCUT2D eigenvalue weighted by Gasteiger charge is 2.40. The fourth-order valence-corrected chi connectivity index (χ4v) is 4.19. The van der Waals surface area contributed by atoms with E-state index in [0.717, 1.165) is 22.3 Å². The Kier molecular flexibility index (Phi) is 4.93. The van der Waals surface area contributed by atoms with Crippen molar-refractivity contribution < 1.29 is 9.63 Å². The second-order valence-corrected chi connectivity index (χ2v) is 7.57. The lowest BCUT2D eigenvalue weighted by molar-refractivity contribution is 0.0168. The molecule has 0 N–H and O–H groups in total. The lowest BCUT2D eigenvalue weighted by Gasteiger charge is -2.33. The number of fused-ring (bicyclic) bond motifs is 1. The van der Waals surface area contributed by atoms with Gasteiger partial charge in [-0.1, -0.05) is 120 Å². The molecule has 0 radical (unpaired) electrons. The molecule has 0 saturated heterocycles. The minimum Gasteiger partial charge on any atom is -0.374 e. The van der Waals surface area contributed by atoms with Gasteiger partial charge in [-0.05, 0) is 5.56 Å². The molecule has 0 atom stereocenters. The molecule has 0 aliphatic heterocycles. The van der Waals surface area contributed by atoms with Crippen LogP contribution in [0.5, 0.6) is 0 Å². The Morgan fingerprint density at radius 2 is 1.06 bits per heavy atom. The van der Waals surface area contributed by atoms with Gasteiger partial charge < -0.3 is 4.84 Å². The standard InChI is InChI=1S/C28H21NO2/c30-27-25-19-11-10-12-21(25)20-26(27)29-31-28(22-13-4-1-5-14-22,23-15-6-2-7-16-23)24-17-8-3-9-18-24/h1-19H,20H2/b29-26+. The van der Waals surface area contributed by atoms with Gasteiger partial charge in [0.05, 0.1) is 0 Å². The van der Waals surface area contributed by atoms with Crippen LogP contribution in [0.2, 0.25) is 0 Å². The maximum absolute atomic E-state index is 12.9. The Hall–Kier alpha value is -3.98. The number of hydrogen-bond acceptors (Lipinski definition) is 3. The van der Waals surface area contributed by atoms with Gasteiger partial charge in [0.2, 0.25) is 11.4 Å². The highest BCUT2D eigenvalue weighted by Crippen LogP contribution is 2.41. The summed E-state index contributed by atoms with van der Waals surface area (Å²) in [5.74, 6) is -0.0707. The van der Waals surface area contributed by atoms with Crippen molar-refractivity contribution in [3.63, 3.8) is 0 Å². The first kappa shape index (κ1) is 19.0. The third-order valence-corrected chi connectivity index (χ3v) is 5.72. The van der Waals surface area contributed by atoms with Crippen molar-refractivity contribution in [1.82, 2.24) is 0 Å². The summed E-state index contributed by atoms with van der Waals surface area (Å²) in [5.41, 5.74) is 3.97. The monoisotopic (exact) mass is 403 g/mol. The third kappa shape index (κ3) is 3.34. The van der Waals surface area contributed by atoms with E-state index in [1.54, 1.807) is 0 Å². The van der Waals surface area contributed by atoms with E-state index in [4.69, 9.17) is 4.84 Å². The fraction of sp³-hybridized carbons (Fsp3) is 0.0714. The van der Waals surface area contributed by atoms with E-state index in [2.05, 4.69) is 5.16 Å². The predicted octanol–water partition coefficient (Wildman–Crippen LogP) is 5.79. The summed E-state index contributed by atoms with van der Waals surface area (Å²) in [4.78, 5) is 19.4. The van der Waals surface area contributed by atoms with Crippen LogP contribution in [-0.4, -0.2) is 11.5 Å². The van der Waals surface area contributed by atoms with E-state index in [-0.39, 0.29) is 5.78 Å². The molecule has 0 spiro atoms. The first-order chi connectivity index (χ1) is 15.3. The van der Waals surface area contributed by atoms with Crippen molar-refractivity contribution in [3.8, 4) is 0 Å². The van der Waals surface area contributed by atoms with Crippen LogP contribution in [0.15, 0.2) is 120 Å². The number of nitrogens with zero attached hydrogens (tertiary/aromatic N) is 1. The average molecular weight is 403 g/mol. The fourth-order valence-electron chi connectivity index (χ4n) is 4.19. The van der Waals surface area contributed by atoms with Crippen molar-refractivity contribution in [2.45, 2.75) is 12.0 Å². The summed E-state index contributed by atoms with van der Waals surface area (Å²) >= 11 is 0. The van der Waals surface area contributed by atoms with Crippen LogP contribution in [0.25, 0.3) is 0 Å². The van der Waals surface area contributed by atoms with Gasteiger partial charge in [-0.15, -0.1) is 0 Å². The zero-order valence-electron chi connectivity index (χ0n) is 16.9. The molecule has 0 fully saturated rings. The zero-order valence-corrected chi connectivity index (χ0v) is 16.9. The summed E-state index contributed by atoms with van der Waals surface area (Å²) < 4.78 is 0. The SMILES string of the molecule is O=C1/C(=N/OC(c2ccccc2)(c2ccccc2)c2ccccc2)Cc2ccccc21. The highest BCUT2D eigenvalue weighted by atomic mass is 16.7. The Morgan fingerprint density at radius 3 is 1.55 bits per heavy atom. The van der Waals surface area contributed by atoms with Gasteiger partial charge in [0.15, 0.2) is 0 Å². The van der Waals surface area contributed by atoms with Crippen molar-refractivity contribution in [1.29, 1.82) is 0 Å². The van der Waals surface area contributed by atoms with E-state index in [0.29, 0.717) is 17.7 Å². The first-order valence-corrected chi connectivity index (χ1v) is 10.3. The van der Waals surface area contributed by atoms with Crippen LogP contribution in [0.4, 0.5) is 0 Å². The van der Waals surface area contributed by atoms with Gasteiger partial charge >= 0.3 is 0 Å². The van der Waals surface area contributed by atoms with Gasteiger partial charge in [-0.3, -0.25) is 4.79 Å². The summed E-state index contributed by atoms with van der Waals surface area (Å²) in [6.45, 7) is 0. The maximum Gasteiger partial charge on any atom is 0.212 e. The van der Waals surface area contributed by atoms with Crippen molar-refractivity contribution in [2.24, 2.45) is 5.16 Å². The Labute approximate surface area is 181 Å². The number of rotatable bonds is 5. The largest absolute Gasteiger partial charge is 0.374 e. The number of carbonyl (C=O) groups excluding carboxylic acids is 1. The van der Waals surface area contributed by atoms with Crippen molar-refractivity contribution in [2.75, 3.05) is 0 Å². The molecule has 4 aromatic rings. The van der Waals surface area contributed by atoms with Crippen LogP contribution in [0.3, 0.4) is 0 Å². The molecule has 0 unspecified atom stereocenters. The molecular weight excluding hydrogens is 382 g/mol. The van der Waals surface area contributed by atoms with Gasteiger partial charge in [-0.25, -0.2) is 0 Å². The second kappa shape index (κ2) is 8.04. The van der Waals surface area contributed by atoms with Crippen molar-refractivity contribution in [3.05, 3.63) is 143 Å².